The molecule has 1 unspecified atom stereocenters. The molecule has 0 amide bonds. The highest BCUT2D eigenvalue weighted by atomic mass is 16.5. The molecule has 9 nitrogen and oxygen atoms in total. The predicted molar refractivity (Wildman–Crippen MR) is 106 cm³/mol. The molecule has 0 aromatic carbocycles. The van der Waals surface area contributed by atoms with Gasteiger partial charge in [-0.2, -0.15) is 10.4 Å². The van der Waals surface area contributed by atoms with Crippen LogP contribution in [0.1, 0.15) is 24.1 Å². The maximum atomic E-state index is 9.40. The van der Waals surface area contributed by atoms with Crippen LogP contribution < -0.4 is 20.7 Å². The Hall–Kier alpha value is -3.22. The molecule has 28 heavy (non-hydrogen) atoms. The number of nitriles is 1. The number of pyridine rings is 1. The third-order valence-corrected chi connectivity index (χ3v) is 4.76. The number of allylic oxidation sites excluding steroid dienone is 1. The van der Waals surface area contributed by atoms with Crippen LogP contribution in [-0.2, 0) is 7.05 Å². The van der Waals surface area contributed by atoms with Gasteiger partial charge < -0.3 is 15.0 Å². The number of hydrogen-bond acceptors (Lipinski definition) is 8. The molecule has 0 aliphatic carbocycles. The lowest BCUT2D eigenvalue weighted by Crippen LogP contribution is -2.39. The van der Waals surface area contributed by atoms with Crippen LogP contribution in [0.25, 0.3) is 5.57 Å². The van der Waals surface area contributed by atoms with Crippen molar-refractivity contribution in [1.82, 2.24) is 20.1 Å². The quantitative estimate of drug-likeness (QED) is 0.815. The first-order valence-electron chi connectivity index (χ1n) is 9.19. The van der Waals surface area contributed by atoms with Crippen LogP contribution in [0, 0.1) is 11.3 Å². The molecule has 4 heterocycles. The van der Waals surface area contributed by atoms with Gasteiger partial charge in [0.15, 0.2) is 17.7 Å². The maximum absolute atomic E-state index is 9.40. The van der Waals surface area contributed by atoms with E-state index in [1.807, 2.05) is 24.3 Å². The first-order valence-corrected chi connectivity index (χ1v) is 9.19. The number of ether oxygens (including phenoxy) is 1. The fraction of sp³-hybridized carbons (Fsp3) is 0.368. The van der Waals surface area contributed by atoms with Crippen LogP contribution in [-0.4, -0.2) is 46.5 Å². The van der Waals surface area contributed by atoms with E-state index in [0.717, 1.165) is 37.1 Å². The Kier molecular flexibility index (Phi) is 5.06. The summed E-state index contributed by atoms with van der Waals surface area (Å²) in [6.45, 7) is 1.75. The number of piperidine rings is 1. The number of nitrogens with one attached hydrogen (secondary N) is 1. The fourth-order valence-electron chi connectivity index (χ4n) is 3.28. The molecule has 0 bridgehead atoms. The van der Waals surface area contributed by atoms with E-state index in [0.29, 0.717) is 11.4 Å². The molecule has 144 valence electrons. The Morgan fingerprint density at radius 3 is 3.00 bits per heavy atom. The van der Waals surface area contributed by atoms with Gasteiger partial charge in [0.05, 0.1) is 18.1 Å². The summed E-state index contributed by atoms with van der Waals surface area (Å²) in [5, 5.41) is 16.9. The van der Waals surface area contributed by atoms with Crippen molar-refractivity contribution in [2.75, 3.05) is 18.0 Å². The number of nitrogens with zero attached hydrogens (tertiary/aromatic N) is 6. The van der Waals surface area contributed by atoms with Crippen molar-refractivity contribution in [3.05, 3.63) is 42.1 Å². The van der Waals surface area contributed by atoms with Gasteiger partial charge in [-0.3, -0.25) is 15.4 Å². The second kappa shape index (κ2) is 7.80. The van der Waals surface area contributed by atoms with Crippen LogP contribution in [0.15, 0.2) is 35.8 Å². The van der Waals surface area contributed by atoms with Crippen molar-refractivity contribution in [2.45, 2.75) is 25.2 Å². The molecular weight excluding hydrogens is 356 g/mol. The highest BCUT2D eigenvalue weighted by molar-refractivity contribution is 6.11. The normalized spacial score (nSPS) is 21.9. The lowest BCUT2D eigenvalue weighted by Gasteiger charge is -2.29. The summed E-state index contributed by atoms with van der Waals surface area (Å²) in [5.74, 6) is 0.465. The topological polar surface area (TPSA) is 117 Å². The van der Waals surface area contributed by atoms with Crippen molar-refractivity contribution in [1.29, 1.82) is 5.26 Å². The fourth-order valence-corrected chi connectivity index (χ4v) is 3.28. The SMILES string of the molecule is Cn1cc(C2=CN(c3cnc(C#N)c(OC4CCCNC4)c3)[C@@H](N)N=C2)cn1. The summed E-state index contributed by atoms with van der Waals surface area (Å²) in [4.78, 5) is 10.5. The summed E-state index contributed by atoms with van der Waals surface area (Å²) in [5.41, 5.74) is 8.98. The van der Waals surface area contributed by atoms with Crippen molar-refractivity contribution < 1.29 is 4.74 Å². The van der Waals surface area contributed by atoms with E-state index in [1.54, 1.807) is 29.4 Å². The zero-order valence-corrected chi connectivity index (χ0v) is 15.6. The van der Waals surface area contributed by atoms with Gasteiger partial charge in [-0.1, -0.05) is 0 Å². The molecular formula is C19H22N8O. The average molecular weight is 378 g/mol. The van der Waals surface area contributed by atoms with Crippen molar-refractivity contribution in [3.63, 3.8) is 0 Å². The maximum Gasteiger partial charge on any atom is 0.182 e. The van der Waals surface area contributed by atoms with E-state index >= 15 is 0 Å². The molecule has 0 saturated carbocycles. The second-order valence-corrected chi connectivity index (χ2v) is 6.82. The second-order valence-electron chi connectivity index (χ2n) is 6.82. The van der Waals surface area contributed by atoms with Crippen molar-refractivity contribution in [3.8, 4) is 11.8 Å². The van der Waals surface area contributed by atoms with Crippen LogP contribution in [0.5, 0.6) is 5.75 Å². The van der Waals surface area contributed by atoms with Gasteiger partial charge in [-0.25, -0.2) is 4.98 Å². The Labute approximate surface area is 163 Å². The summed E-state index contributed by atoms with van der Waals surface area (Å²) in [6.07, 6.45) is 10.4. The van der Waals surface area contributed by atoms with Gasteiger partial charge in [0.25, 0.3) is 0 Å². The van der Waals surface area contributed by atoms with Gasteiger partial charge in [-0.05, 0) is 19.4 Å². The molecule has 2 aromatic heterocycles. The Balaban J connectivity index is 1.63. The molecule has 1 fully saturated rings. The highest BCUT2D eigenvalue weighted by Gasteiger charge is 2.22. The smallest absolute Gasteiger partial charge is 0.182 e. The lowest BCUT2D eigenvalue weighted by molar-refractivity contribution is 0.166. The monoisotopic (exact) mass is 378 g/mol. The molecule has 2 aromatic rings. The Bertz CT molecular complexity index is 951. The molecule has 9 heteroatoms. The van der Waals surface area contributed by atoms with Crippen LogP contribution in [0.2, 0.25) is 0 Å². The Morgan fingerprint density at radius 1 is 1.39 bits per heavy atom. The molecule has 2 atom stereocenters. The molecule has 4 rings (SSSR count). The number of aromatic nitrogens is 3. The molecule has 1 saturated heterocycles. The van der Waals surface area contributed by atoms with Crippen LogP contribution in [0.3, 0.4) is 0 Å². The van der Waals surface area contributed by atoms with E-state index in [4.69, 9.17) is 10.5 Å². The lowest BCUT2D eigenvalue weighted by atomic mass is 10.1. The van der Waals surface area contributed by atoms with Gasteiger partial charge >= 0.3 is 0 Å². The molecule has 3 N–H and O–H groups in total. The van der Waals surface area contributed by atoms with E-state index in [-0.39, 0.29) is 11.8 Å². The minimum atomic E-state index is -0.584. The average Bonchev–Trinajstić information content (AvgIpc) is 3.15. The first-order chi connectivity index (χ1) is 13.6. The first kappa shape index (κ1) is 18.2. The molecule has 0 radical (unpaired) electrons. The van der Waals surface area contributed by atoms with Gasteiger partial charge in [0.2, 0.25) is 0 Å². The zero-order valence-electron chi connectivity index (χ0n) is 15.6. The van der Waals surface area contributed by atoms with Crippen molar-refractivity contribution in [2.24, 2.45) is 17.8 Å². The minimum absolute atomic E-state index is 0.0208. The summed E-state index contributed by atoms with van der Waals surface area (Å²) >= 11 is 0. The van der Waals surface area contributed by atoms with E-state index in [2.05, 4.69) is 26.5 Å². The summed E-state index contributed by atoms with van der Waals surface area (Å²) in [6, 6.07) is 3.91. The van der Waals surface area contributed by atoms with Crippen LogP contribution >= 0.6 is 0 Å². The predicted octanol–water partition coefficient (Wildman–Crippen LogP) is 0.992. The summed E-state index contributed by atoms with van der Waals surface area (Å²) < 4.78 is 7.80. The minimum Gasteiger partial charge on any atom is -0.486 e. The Morgan fingerprint density at radius 2 is 2.29 bits per heavy atom. The standard InChI is InChI=1S/C19H22N8O/c1-26-11-14(8-25-26)13-7-24-19(21)27(12-13)15-5-18(17(6-20)23-9-15)28-16-3-2-4-22-10-16/h5,7-9,11-12,16,19,22H,2-4,10,21H2,1H3/t16?,19-/m0/s1. The number of hydrogen-bond donors (Lipinski definition) is 2. The highest BCUT2D eigenvalue weighted by Crippen LogP contribution is 2.29. The van der Waals surface area contributed by atoms with Crippen molar-refractivity contribution >= 4 is 17.5 Å². The molecule has 2 aliphatic heterocycles. The third-order valence-electron chi connectivity index (χ3n) is 4.76. The largest absolute Gasteiger partial charge is 0.486 e. The van der Waals surface area contributed by atoms with E-state index in [9.17, 15) is 5.26 Å². The summed E-state index contributed by atoms with van der Waals surface area (Å²) in [7, 11) is 1.86. The van der Waals surface area contributed by atoms with E-state index in [1.165, 1.54) is 0 Å². The van der Waals surface area contributed by atoms with Gasteiger partial charge in [-0.15, -0.1) is 0 Å². The number of nitrogens with two attached hydrogens (primary N) is 1. The number of aliphatic imine (C=N–C) groups is 1. The van der Waals surface area contributed by atoms with E-state index < -0.39 is 6.29 Å². The zero-order chi connectivity index (χ0) is 19.5. The molecule has 0 spiro atoms. The molecule has 2 aliphatic rings. The van der Waals surface area contributed by atoms with Gasteiger partial charge in [0.1, 0.15) is 12.2 Å². The van der Waals surface area contributed by atoms with Crippen LogP contribution in [0.4, 0.5) is 5.69 Å². The third kappa shape index (κ3) is 3.74. The van der Waals surface area contributed by atoms with Gasteiger partial charge in [0, 0.05) is 49.4 Å². The number of rotatable bonds is 4. The number of aryl methyl sites for hydroxylation is 1. The number of anilines is 1.